The Kier molecular flexibility index (Phi) is 5.61. The highest BCUT2D eigenvalue weighted by molar-refractivity contribution is 7.89. The number of aryl methyl sites for hydroxylation is 3. The zero-order valence-corrected chi connectivity index (χ0v) is 17.9. The number of amides is 1. The number of hydrogen-bond acceptors (Lipinski definition) is 6. The molecule has 1 aliphatic heterocycles. The molecule has 0 radical (unpaired) electrons. The van der Waals surface area contributed by atoms with Gasteiger partial charge in [0.25, 0.3) is 0 Å². The Morgan fingerprint density at radius 3 is 2.70 bits per heavy atom. The first kappa shape index (κ1) is 20.5. The summed E-state index contributed by atoms with van der Waals surface area (Å²) in [5.74, 6) is 0.307. The topological polar surface area (TPSA) is 102 Å². The van der Waals surface area contributed by atoms with Crippen LogP contribution in [-0.4, -0.2) is 64.4 Å². The van der Waals surface area contributed by atoms with E-state index in [0.717, 1.165) is 11.0 Å². The van der Waals surface area contributed by atoms with Crippen LogP contribution in [-0.2, 0) is 21.4 Å². The molecule has 10 heteroatoms. The molecule has 2 aromatic heterocycles. The lowest BCUT2D eigenvalue weighted by Crippen LogP contribution is -2.37. The molecule has 3 heterocycles. The summed E-state index contributed by atoms with van der Waals surface area (Å²) < 4.78 is 34.5. The Bertz CT molecular complexity index is 1150. The SMILES string of the molecule is Cc1noc(C)c1S(=O)(=O)N1CCCN(C(=O)CCn2cnc3ccccc32)CC1. The molecule has 1 aromatic carbocycles. The quantitative estimate of drug-likeness (QED) is 0.612. The zero-order valence-electron chi connectivity index (χ0n) is 17.1. The Balaban J connectivity index is 1.40. The second-order valence-electron chi connectivity index (χ2n) is 7.47. The average Bonchev–Trinajstić information content (AvgIpc) is 3.18. The van der Waals surface area contributed by atoms with E-state index in [1.54, 1.807) is 25.1 Å². The molecule has 0 spiro atoms. The molecule has 0 N–H and O–H groups in total. The van der Waals surface area contributed by atoms with E-state index in [4.69, 9.17) is 4.52 Å². The number of fused-ring (bicyclic) bond motifs is 1. The lowest BCUT2D eigenvalue weighted by Gasteiger charge is -2.22. The summed E-state index contributed by atoms with van der Waals surface area (Å²) in [6.45, 7) is 5.28. The van der Waals surface area contributed by atoms with E-state index >= 15 is 0 Å². The Labute approximate surface area is 175 Å². The summed E-state index contributed by atoms with van der Waals surface area (Å²) in [7, 11) is -3.70. The van der Waals surface area contributed by atoms with Crippen molar-refractivity contribution in [1.82, 2.24) is 23.9 Å². The number of carbonyl (C=O) groups is 1. The van der Waals surface area contributed by atoms with E-state index < -0.39 is 10.0 Å². The molecule has 0 bridgehead atoms. The number of imidazole rings is 1. The van der Waals surface area contributed by atoms with Crippen molar-refractivity contribution in [1.29, 1.82) is 0 Å². The van der Waals surface area contributed by atoms with Gasteiger partial charge in [-0.05, 0) is 32.4 Å². The monoisotopic (exact) mass is 431 g/mol. The maximum absolute atomic E-state index is 13.0. The highest BCUT2D eigenvalue weighted by Crippen LogP contribution is 2.24. The molecule has 160 valence electrons. The fourth-order valence-corrected chi connectivity index (χ4v) is 5.68. The molecule has 1 amide bonds. The third kappa shape index (κ3) is 3.84. The largest absolute Gasteiger partial charge is 0.360 e. The van der Waals surface area contributed by atoms with Crippen LogP contribution in [0.4, 0.5) is 0 Å². The lowest BCUT2D eigenvalue weighted by molar-refractivity contribution is -0.131. The van der Waals surface area contributed by atoms with Crippen molar-refractivity contribution in [3.63, 3.8) is 0 Å². The van der Waals surface area contributed by atoms with Crippen LogP contribution in [0.2, 0.25) is 0 Å². The minimum absolute atomic E-state index is 0.0179. The molecular formula is C20H25N5O4S. The Hall–Kier alpha value is -2.72. The molecule has 1 aliphatic rings. The summed E-state index contributed by atoms with van der Waals surface area (Å²) in [5.41, 5.74) is 2.26. The van der Waals surface area contributed by atoms with Crippen LogP contribution in [0.15, 0.2) is 40.0 Å². The number of para-hydroxylation sites is 2. The second kappa shape index (κ2) is 8.19. The van der Waals surface area contributed by atoms with Crippen LogP contribution >= 0.6 is 0 Å². The number of aromatic nitrogens is 3. The number of hydrogen-bond donors (Lipinski definition) is 0. The molecule has 0 unspecified atom stereocenters. The second-order valence-corrected chi connectivity index (χ2v) is 9.34. The van der Waals surface area contributed by atoms with Crippen LogP contribution < -0.4 is 0 Å². The molecule has 0 atom stereocenters. The summed E-state index contributed by atoms with van der Waals surface area (Å²) in [6, 6.07) is 7.81. The maximum atomic E-state index is 13.0. The van der Waals surface area contributed by atoms with Crippen LogP contribution in [0.3, 0.4) is 0 Å². The highest BCUT2D eigenvalue weighted by Gasteiger charge is 2.32. The molecule has 9 nitrogen and oxygen atoms in total. The van der Waals surface area contributed by atoms with E-state index in [2.05, 4.69) is 10.1 Å². The van der Waals surface area contributed by atoms with Gasteiger partial charge in [-0.15, -0.1) is 0 Å². The summed E-state index contributed by atoms with van der Waals surface area (Å²) in [5, 5.41) is 3.76. The summed E-state index contributed by atoms with van der Waals surface area (Å²) in [6.07, 6.45) is 2.68. The summed E-state index contributed by atoms with van der Waals surface area (Å²) >= 11 is 0. The molecule has 0 saturated carbocycles. The average molecular weight is 432 g/mol. The normalized spacial score (nSPS) is 16.1. The van der Waals surface area contributed by atoms with Gasteiger partial charge in [-0.2, -0.15) is 4.31 Å². The highest BCUT2D eigenvalue weighted by atomic mass is 32.2. The number of sulfonamides is 1. The molecule has 1 fully saturated rings. The molecule has 1 saturated heterocycles. The van der Waals surface area contributed by atoms with Crippen molar-refractivity contribution in [3.05, 3.63) is 42.0 Å². The van der Waals surface area contributed by atoms with Gasteiger partial charge in [0.1, 0.15) is 10.6 Å². The van der Waals surface area contributed by atoms with Gasteiger partial charge >= 0.3 is 0 Å². The third-order valence-electron chi connectivity index (χ3n) is 5.47. The van der Waals surface area contributed by atoms with Crippen molar-refractivity contribution in [2.45, 2.75) is 38.1 Å². The summed E-state index contributed by atoms with van der Waals surface area (Å²) in [4.78, 5) is 19.0. The van der Waals surface area contributed by atoms with Gasteiger partial charge in [0.2, 0.25) is 15.9 Å². The minimum Gasteiger partial charge on any atom is -0.360 e. The predicted molar refractivity (Wildman–Crippen MR) is 110 cm³/mol. The molecule has 30 heavy (non-hydrogen) atoms. The number of rotatable bonds is 5. The maximum Gasteiger partial charge on any atom is 0.248 e. The first-order chi connectivity index (χ1) is 14.4. The van der Waals surface area contributed by atoms with Gasteiger partial charge in [0.15, 0.2) is 5.76 Å². The lowest BCUT2D eigenvalue weighted by atomic mass is 10.3. The van der Waals surface area contributed by atoms with Gasteiger partial charge in [-0.3, -0.25) is 4.79 Å². The fraction of sp³-hybridized carbons (Fsp3) is 0.450. The number of benzene rings is 1. The van der Waals surface area contributed by atoms with Crippen molar-refractivity contribution in [2.75, 3.05) is 26.2 Å². The molecular weight excluding hydrogens is 406 g/mol. The van der Waals surface area contributed by atoms with Crippen molar-refractivity contribution in [3.8, 4) is 0 Å². The van der Waals surface area contributed by atoms with Gasteiger partial charge < -0.3 is 14.0 Å². The number of nitrogens with zero attached hydrogens (tertiary/aromatic N) is 5. The Morgan fingerprint density at radius 2 is 1.93 bits per heavy atom. The van der Waals surface area contributed by atoms with E-state index in [1.165, 1.54) is 4.31 Å². The van der Waals surface area contributed by atoms with Crippen molar-refractivity contribution < 1.29 is 17.7 Å². The van der Waals surface area contributed by atoms with Crippen LogP contribution in [0, 0.1) is 13.8 Å². The van der Waals surface area contributed by atoms with E-state index in [1.807, 2.05) is 28.8 Å². The first-order valence-electron chi connectivity index (χ1n) is 9.98. The van der Waals surface area contributed by atoms with E-state index in [9.17, 15) is 13.2 Å². The van der Waals surface area contributed by atoms with Crippen LogP contribution in [0.5, 0.6) is 0 Å². The Morgan fingerprint density at radius 1 is 1.13 bits per heavy atom. The van der Waals surface area contributed by atoms with Gasteiger partial charge in [-0.1, -0.05) is 17.3 Å². The smallest absolute Gasteiger partial charge is 0.248 e. The first-order valence-corrected chi connectivity index (χ1v) is 11.4. The predicted octanol–water partition coefficient (Wildman–Crippen LogP) is 1.95. The fourth-order valence-electron chi connectivity index (χ4n) is 3.92. The van der Waals surface area contributed by atoms with Gasteiger partial charge in [-0.25, -0.2) is 13.4 Å². The van der Waals surface area contributed by atoms with Crippen LogP contribution in [0.25, 0.3) is 11.0 Å². The zero-order chi connectivity index (χ0) is 21.3. The van der Waals surface area contributed by atoms with Crippen molar-refractivity contribution in [2.24, 2.45) is 0 Å². The standard InChI is InChI=1S/C20H25N5O4S/c1-15-20(16(2)29-22-15)30(27,28)25-10-5-9-23(12-13-25)19(26)8-11-24-14-21-17-6-3-4-7-18(17)24/h3-4,6-7,14H,5,8-13H2,1-2H3. The molecule has 3 aromatic rings. The molecule has 0 aliphatic carbocycles. The van der Waals surface area contributed by atoms with E-state index in [-0.39, 0.29) is 23.1 Å². The van der Waals surface area contributed by atoms with Gasteiger partial charge in [0, 0.05) is 39.1 Å². The third-order valence-corrected chi connectivity index (χ3v) is 7.61. The van der Waals surface area contributed by atoms with Crippen LogP contribution in [0.1, 0.15) is 24.3 Å². The molecule has 4 rings (SSSR count). The number of carbonyl (C=O) groups excluding carboxylic acids is 1. The van der Waals surface area contributed by atoms with Gasteiger partial charge in [0.05, 0.1) is 17.4 Å². The van der Waals surface area contributed by atoms with E-state index in [0.29, 0.717) is 44.7 Å². The van der Waals surface area contributed by atoms with Crippen molar-refractivity contribution >= 4 is 27.0 Å². The minimum atomic E-state index is -3.70.